The van der Waals surface area contributed by atoms with Crippen molar-refractivity contribution in [2.45, 2.75) is 26.3 Å². The molecule has 1 aliphatic heterocycles. The minimum absolute atomic E-state index is 0.423. The second-order valence-corrected chi connectivity index (χ2v) is 5.86. The molecule has 0 saturated carbocycles. The predicted molar refractivity (Wildman–Crippen MR) is 82.6 cm³/mol. The maximum atomic E-state index is 5.76. The minimum atomic E-state index is 0.423. The highest BCUT2D eigenvalue weighted by molar-refractivity contribution is 7.80. The molecular formula is C15H22N2OS. The van der Waals surface area contributed by atoms with Crippen LogP contribution in [0.15, 0.2) is 24.3 Å². The standard InChI is InChI=1S/C15H22N2OS/c1-11-9-12(2)17(10-11)7-8-18-14-5-3-13(4-6-14)15(16)19/h3-6,11-12H,7-10H2,1-2H3,(H2,16,19). The molecule has 2 atom stereocenters. The van der Waals surface area contributed by atoms with Crippen molar-refractivity contribution in [3.63, 3.8) is 0 Å². The van der Waals surface area contributed by atoms with E-state index in [1.54, 1.807) is 0 Å². The van der Waals surface area contributed by atoms with E-state index in [1.807, 2.05) is 24.3 Å². The molecule has 2 N–H and O–H groups in total. The highest BCUT2D eigenvalue weighted by Crippen LogP contribution is 2.21. The molecule has 1 aliphatic rings. The van der Waals surface area contributed by atoms with E-state index in [2.05, 4.69) is 18.7 Å². The van der Waals surface area contributed by atoms with Crippen molar-refractivity contribution in [3.8, 4) is 5.75 Å². The van der Waals surface area contributed by atoms with E-state index in [0.717, 1.165) is 30.4 Å². The summed E-state index contributed by atoms with van der Waals surface area (Å²) in [6.45, 7) is 7.50. The third kappa shape index (κ3) is 3.91. The molecule has 0 spiro atoms. The summed E-state index contributed by atoms with van der Waals surface area (Å²) in [4.78, 5) is 2.92. The third-order valence-electron chi connectivity index (χ3n) is 3.70. The van der Waals surface area contributed by atoms with Gasteiger partial charge in [-0.05, 0) is 43.5 Å². The monoisotopic (exact) mass is 278 g/mol. The van der Waals surface area contributed by atoms with Gasteiger partial charge in [0.05, 0.1) is 0 Å². The Morgan fingerprint density at radius 2 is 2.05 bits per heavy atom. The van der Waals surface area contributed by atoms with Crippen LogP contribution in [0, 0.1) is 5.92 Å². The van der Waals surface area contributed by atoms with Crippen LogP contribution in [-0.2, 0) is 0 Å². The molecule has 0 bridgehead atoms. The fraction of sp³-hybridized carbons (Fsp3) is 0.533. The normalized spacial score (nSPS) is 23.5. The summed E-state index contributed by atoms with van der Waals surface area (Å²) in [5, 5.41) is 0. The van der Waals surface area contributed by atoms with E-state index in [-0.39, 0.29) is 0 Å². The molecule has 0 radical (unpaired) electrons. The summed E-state index contributed by atoms with van der Waals surface area (Å²) in [7, 11) is 0. The van der Waals surface area contributed by atoms with Gasteiger partial charge >= 0.3 is 0 Å². The number of hydrogen-bond donors (Lipinski definition) is 1. The van der Waals surface area contributed by atoms with Crippen molar-refractivity contribution < 1.29 is 4.74 Å². The van der Waals surface area contributed by atoms with Crippen LogP contribution < -0.4 is 10.5 Å². The average Bonchev–Trinajstić information content (AvgIpc) is 2.68. The molecule has 1 aromatic rings. The zero-order chi connectivity index (χ0) is 13.8. The number of likely N-dealkylation sites (tertiary alicyclic amines) is 1. The van der Waals surface area contributed by atoms with E-state index >= 15 is 0 Å². The first kappa shape index (κ1) is 14.3. The second kappa shape index (κ2) is 6.35. The van der Waals surface area contributed by atoms with Crippen LogP contribution >= 0.6 is 12.2 Å². The number of rotatable bonds is 5. The molecule has 0 amide bonds. The number of hydrogen-bond acceptors (Lipinski definition) is 3. The van der Waals surface area contributed by atoms with Crippen molar-refractivity contribution >= 4 is 17.2 Å². The first-order valence-corrected chi connectivity index (χ1v) is 7.24. The van der Waals surface area contributed by atoms with E-state index in [9.17, 15) is 0 Å². The molecule has 0 aromatic heterocycles. The Hall–Kier alpha value is -1.13. The van der Waals surface area contributed by atoms with Crippen LogP contribution in [0.2, 0.25) is 0 Å². The lowest BCUT2D eigenvalue weighted by molar-refractivity contribution is 0.202. The molecule has 1 aromatic carbocycles. The van der Waals surface area contributed by atoms with Crippen LogP contribution in [-0.4, -0.2) is 35.6 Å². The Morgan fingerprint density at radius 3 is 2.58 bits per heavy atom. The largest absolute Gasteiger partial charge is 0.492 e. The van der Waals surface area contributed by atoms with Gasteiger partial charge < -0.3 is 10.5 Å². The van der Waals surface area contributed by atoms with Crippen molar-refractivity contribution in [2.75, 3.05) is 19.7 Å². The minimum Gasteiger partial charge on any atom is -0.492 e. The van der Waals surface area contributed by atoms with E-state index < -0.39 is 0 Å². The van der Waals surface area contributed by atoms with Crippen LogP contribution in [0.5, 0.6) is 5.75 Å². The summed E-state index contributed by atoms with van der Waals surface area (Å²) in [5.41, 5.74) is 6.44. The Morgan fingerprint density at radius 1 is 1.37 bits per heavy atom. The number of nitrogens with zero attached hydrogens (tertiary/aromatic N) is 1. The second-order valence-electron chi connectivity index (χ2n) is 5.42. The fourth-order valence-electron chi connectivity index (χ4n) is 2.69. The molecule has 19 heavy (non-hydrogen) atoms. The number of thiocarbonyl (C=S) groups is 1. The number of ether oxygens (including phenoxy) is 1. The average molecular weight is 278 g/mol. The highest BCUT2D eigenvalue weighted by atomic mass is 32.1. The van der Waals surface area contributed by atoms with Gasteiger partial charge in [-0.1, -0.05) is 19.1 Å². The molecule has 2 rings (SSSR count). The Kier molecular flexibility index (Phi) is 4.77. The Bertz CT molecular complexity index is 432. The zero-order valence-corrected chi connectivity index (χ0v) is 12.5. The summed E-state index contributed by atoms with van der Waals surface area (Å²) < 4.78 is 5.76. The molecule has 3 nitrogen and oxygen atoms in total. The molecular weight excluding hydrogens is 256 g/mol. The zero-order valence-electron chi connectivity index (χ0n) is 11.6. The van der Waals surface area contributed by atoms with Crippen LogP contribution in [0.3, 0.4) is 0 Å². The molecule has 2 unspecified atom stereocenters. The lowest BCUT2D eigenvalue weighted by Gasteiger charge is -2.20. The van der Waals surface area contributed by atoms with Crippen molar-refractivity contribution in [1.82, 2.24) is 4.90 Å². The van der Waals surface area contributed by atoms with Crippen LogP contribution in [0.25, 0.3) is 0 Å². The first-order chi connectivity index (χ1) is 9.06. The SMILES string of the molecule is CC1CC(C)N(CCOc2ccc(C(N)=S)cc2)C1. The summed E-state index contributed by atoms with van der Waals surface area (Å²) in [5.74, 6) is 1.68. The van der Waals surface area contributed by atoms with Crippen LogP contribution in [0.1, 0.15) is 25.8 Å². The summed E-state index contributed by atoms with van der Waals surface area (Å²) >= 11 is 4.92. The fourth-order valence-corrected chi connectivity index (χ4v) is 2.83. The predicted octanol–water partition coefficient (Wildman–Crippen LogP) is 2.43. The van der Waals surface area contributed by atoms with Gasteiger partial charge in [0.2, 0.25) is 0 Å². The van der Waals surface area contributed by atoms with Gasteiger partial charge in [0, 0.05) is 24.7 Å². The van der Waals surface area contributed by atoms with E-state index in [4.69, 9.17) is 22.7 Å². The topological polar surface area (TPSA) is 38.5 Å². The molecule has 1 saturated heterocycles. The smallest absolute Gasteiger partial charge is 0.119 e. The summed E-state index contributed by atoms with van der Waals surface area (Å²) in [6.07, 6.45) is 1.29. The number of benzene rings is 1. The highest BCUT2D eigenvalue weighted by Gasteiger charge is 2.25. The van der Waals surface area contributed by atoms with Gasteiger partial charge in [-0.3, -0.25) is 4.90 Å². The van der Waals surface area contributed by atoms with E-state index in [0.29, 0.717) is 11.0 Å². The van der Waals surface area contributed by atoms with Gasteiger partial charge in [0.25, 0.3) is 0 Å². The Labute approximate surface area is 120 Å². The third-order valence-corrected chi connectivity index (χ3v) is 3.93. The lowest BCUT2D eigenvalue weighted by atomic mass is 10.1. The molecule has 1 heterocycles. The van der Waals surface area contributed by atoms with Gasteiger partial charge in [-0.15, -0.1) is 0 Å². The van der Waals surface area contributed by atoms with Crippen molar-refractivity contribution in [3.05, 3.63) is 29.8 Å². The first-order valence-electron chi connectivity index (χ1n) is 6.83. The molecule has 4 heteroatoms. The molecule has 1 fully saturated rings. The Balaban J connectivity index is 1.78. The van der Waals surface area contributed by atoms with Crippen molar-refractivity contribution in [2.24, 2.45) is 11.7 Å². The van der Waals surface area contributed by atoms with Crippen molar-refractivity contribution in [1.29, 1.82) is 0 Å². The maximum absolute atomic E-state index is 5.76. The van der Waals surface area contributed by atoms with E-state index in [1.165, 1.54) is 13.0 Å². The van der Waals surface area contributed by atoms with Gasteiger partial charge in [0.1, 0.15) is 17.3 Å². The molecule has 104 valence electrons. The van der Waals surface area contributed by atoms with Gasteiger partial charge in [0.15, 0.2) is 0 Å². The maximum Gasteiger partial charge on any atom is 0.119 e. The van der Waals surface area contributed by atoms with Gasteiger partial charge in [-0.2, -0.15) is 0 Å². The molecule has 0 aliphatic carbocycles. The quantitative estimate of drug-likeness (QED) is 0.840. The van der Waals surface area contributed by atoms with Crippen LogP contribution in [0.4, 0.5) is 0 Å². The number of nitrogens with two attached hydrogens (primary N) is 1. The summed E-state index contributed by atoms with van der Waals surface area (Å²) in [6, 6.07) is 8.32. The van der Waals surface area contributed by atoms with Gasteiger partial charge in [-0.25, -0.2) is 0 Å². The lowest BCUT2D eigenvalue weighted by Crippen LogP contribution is -2.31.